The van der Waals surface area contributed by atoms with Gasteiger partial charge in [-0.05, 0) is 34.1 Å². The molecule has 18 heavy (non-hydrogen) atoms. The number of aliphatic hydroxyl groups excluding tert-OH is 1. The average molecular weight is 335 g/mol. The molecule has 0 unspecified atom stereocenters. The van der Waals surface area contributed by atoms with Crippen molar-refractivity contribution in [2.24, 2.45) is 5.41 Å². The third-order valence-electron chi connectivity index (χ3n) is 2.95. The van der Waals surface area contributed by atoms with Crippen molar-refractivity contribution >= 4 is 33.4 Å². The van der Waals surface area contributed by atoms with Gasteiger partial charge in [-0.2, -0.15) is 0 Å². The van der Waals surface area contributed by atoms with Gasteiger partial charge in [0.25, 0.3) is 5.91 Å². The molecule has 2 rings (SSSR count). The maximum absolute atomic E-state index is 12.0. The van der Waals surface area contributed by atoms with E-state index in [1.165, 1.54) is 0 Å². The topological polar surface area (TPSA) is 58.6 Å². The second kappa shape index (κ2) is 5.57. The summed E-state index contributed by atoms with van der Waals surface area (Å²) in [5, 5.41) is 12.6. The minimum absolute atomic E-state index is 0.00396. The second-order valence-electron chi connectivity index (χ2n) is 4.46. The van der Waals surface area contributed by atoms with Gasteiger partial charge in [0, 0.05) is 16.0 Å². The van der Waals surface area contributed by atoms with Crippen LogP contribution in [0.2, 0.25) is 5.02 Å². The van der Waals surface area contributed by atoms with Crippen LogP contribution >= 0.6 is 27.5 Å². The highest BCUT2D eigenvalue weighted by Gasteiger charge is 2.38. The summed E-state index contributed by atoms with van der Waals surface area (Å²) in [5.74, 6) is -0.218. The number of hydrogen-bond donors (Lipinski definition) is 2. The van der Waals surface area contributed by atoms with E-state index in [9.17, 15) is 9.90 Å². The fraction of sp³-hybridized carbons (Fsp3) is 0.417. The van der Waals surface area contributed by atoms with E-state index < -0.39 is 0 Å². The highest BCUT2D eigenvalue weighted by atomic mass is 79.9. The maximum Gasteiger partial charge on any atom is 0.252 e. The molecule has 0 spiro atoms. The largest absolute Gasteiger partial charge is 0.396 e. The van der Waals surface area contributed by atoms with Crippen molar-refractivity contribution in [3.05, 3.63) is 33.3 Å². The Morgan fingerprint density at radius 3 is 2.83 bits per heavy atom. The van der Waals surface area contributed by atoms with Crippen LogP contribution in [0.4, 0.5) is 0 Å². The van der Waals surface area contributed by atoms with E-state index in [0.717, 1.165) is 0 Å². The fourth-order valence-corrected chi connectivity index (χ4v) is 2.27. The number of aliphatic hydroxyl groups is 1. The summed E-state index contributed by atoms with van der Waals surface area (Å²) < 4.78 is 5.76. The Morgan fingerprint density at radius 1 is 1.56 bits per heavy atom. The van der Waals surface area contributed by atoms with Gasteiger partial charge in [-0.25, -0.2) is 0 Å². The van der Waals surface area contributed by atoms with Gasteiger partial charge in [0.2, 0.25) is 0 Å². The first-order chi connectivity index (χ1) is 8.56. The normalized spacial score (nSPS) is 17.1. The minimum Gasteiger partial charge on any atom is -0.396 e. The summed E-state index contributed by atoms with van der Waals surface area (Å²) in [4.78, 5) is 12.0. The highest BCUT2D eigenvalue weighted by Crippen LogP contribution is 2.26. The number of carbonyl (C=O) groups excluding carboxylic acids is 1. The van der Waals surface area contributed by atoms with Crippen molar-refractivity contribution in [2.75, 3.05) is 26.4 Å². The van der Waals surface area contributed by atoms with Crippen LogP contribution < -0.4 is 5.32 Å². The number of rotatable bonds is 4. The molecule has 0 atom stereocenters. The van der Waals surface area contributed by atoms with Crippen molar-refractivity contribution in [2.45, 2.75) is 0 Å². The van der Waals surface area contributed by atoms with Gasteiger partial charge >= 0.3 is 0 Å². The third kappa shape index (κ3) is 2.85. The number of amides is 1. The molecule has 4 nitrogen and oxygen atoms in total. The Morgan fingerprint density at radius 2 is 2.28 bits per heavy atom. The predicted molar refractivity (Wildman–Crippen MR) is 71.8 cm³/mol. The van der Waals surface area contributed by atoms with E-state index in [-0.39, 0.29) is 17.9 Å². The van der Waals surface area contributed by atoms with Crippen molar-refractivity contribution in [1.82, 2.24) is 5.32 Å². The lowest BCUT2D eigenvalue weighted by Crippen LogP contribution is -2.53. The van der Waals surface area contributed by atoms with Crippen molar-refractivity contribution in [1.29, 1.82) is 0 Å². The molecule has 0 bridgehead atoms. The van der Waals surface area contributed by atoms with Gasteiger partial charge in [0.05, 0.1) is 30.8 Å². The van der Waals surface area contributed by atoms with Crippen LogP contribution in [0.5, 0.6) is 0 Å². The van der Waals surface area contributed by atoms with Crippen LogP contribution in [0.25, 0.3) is 0 Å². The summed E-state index contributed by atoms with van der Waals surface area (Å²) in [7, 11) is 0. The molecule has 1 aromatic carbocycles. The Hall–Kier alpha value is -0.620. The molecule has 1 fully saturated rings. The van der Waals surface area contributed by atoms with E-state index in [1.807, 2.05) is 0 Å². The molecular formula is C12H13BrClNO3. The van der Waals surface area contributed by atoms with Crippen LogP contribution in [-0.4, -0.2) is 37.4 Å². The summed E-state index contributed by atoms with van der Waals surface area (Å²) in [5.41, 5.74) is 0.150. The number of nitrogens with one attached hydrogen (secondary N) is 1. The van der Waals surface area contributed by atoms with Crippen molar-refractivity contribution in [3.63, 3.8) is 0 Å². The molecule has 0 saturated carbocycles. The summed E-state index contributed by atoms with van der Waals surface area (Å²) in [6.45, 7) is 1.34. The SMILES string of the molecule is O=C(NCC1(CO)COC1)c1cc(Cl)ccc1Br. The molecule has 1 saturated heterocycles. The first-order valence-electron chi connectivity index (χ1n) is 5.48. The van der Waals surface area contributed by atoms with Crippen LogP contribution in [-0.2, 0) is 4.74 Å². The summed E-state index contributed by atoms with van der Waals surface area (Å²) in [6.07, 6.45) is 0. The van der Waals surface area contributed by atoms with Gasteiger partial charge in [-0.1, -0.05) is 11.6 Å². The Kier molecular flexibility index (Phi) is 4.27. The number of halogens is 2. The van der Waals surface area contributed by atoms with Crippen LogP contribution in [0.1, 0.15) is 10.4 Å². The Bertz CT molecular complexity index is 457. The highest BCUT2D eigenvalue weighted by molar-refractivity contribution is 9.10. The fourth-order valence-electron chi connectivity index (χ4n) is 1.67. The molecule has 1 heterocycles. The first kappa shape index (κ1) is 13.8. The zero-order chi connectivity index (χ0) is 13.2. The number of carbonyl (C=O) groups is 1. The van der Waals surface area contributed by atoms with E-state index in [1.54, 1.807) is 18.2 Å². The molecule has 1 aromatic rings. The van der Waals surface area contributed by atoms with Crippen LogP contribution in [0, 0.1) is 5.41 Å². The zero-order valence-electron chi connectivity index (χ0n) is 9.58. The minimum atomic E-state index is -0.333. The van der Waals surface area contributed by atoms with E-state index in [2.05, 4.69) is 21.2 Å². The molecular weight excluding hydrogens is 321 g/mol. The molecule has 6 heteroatoms. The van der Waals surface area contributed by atoms with Crippen LogP contribution in [0.3, 0.4) is 0 Å². The van der Waals surface area contributed by atoms with Crippen LogP contribution in [0.15, 0.2) is 22.7 Å². The average Bonchev–Trinajstić information content (AvgIpc) is 2.31. The Balaban J connectivity index is 2.01. The molecule has 1 aliphatic heterocycles. The molecule has 0 aromatic heterocycles. The number of ether oxygens (including phenoxy) is 1. The zero-order valence-corrected chi connectivity index (χ0v) is 11.9. The summed E-state index contributed by atoms with van der Waals surface area (Å²) >= 11 is 9.16. The van der Waals surface area contributed by atoms with Gasteiger partial charge < -0.3 is 15.2 Å². The van der Waals surface area contributed by atoms with E-state index in [0.29, 0.717) is 34.8 Å². The van der Waals surface area contributed by atoms with Gasteiger partial charge in [0.1, 0.15) is 0 Å². The van der Waals surface area contributed by atoms with Gasteiger partial charge in [0.15, 0.2) is 0 Å². The molecule has 1 aliphatic rings. The number of benzene rings is 1. The molecule has 2 N–H and O–H groups in total. The van der Waals surface area contributed by atoms with E-state index >= 15 is 0 Å². The van der Waals surface area contributed by atoms with Gasteiger partial charge in [-0.15, -0.1) is 0 Å². The predicted octanol–water partition coefficient (Wildman–Crippen LogP) is 1.84. The first-order valence-corrected chi connectivity index (χ1v) is 6.65. The standard InChI is InChI=1S/C12H13BrClNO3/c13-10-2-1-8(14)3-9(10)11(17)15-4-12(5-16)6-18-7-12/h1-3,16H,4-7H2,(H,15,17). The monoisotopic (exact) mass is 333 g/mol. The molecule has 98 valence electrons. The second-order valence-corrected chi connectivity index (χ2v) is 5.75. The quantitative estimate of drug-likeness (QED) is 0.883. The summed E-state index contributed by atoms with van der Waals surface area (Å²) in [6, 6.07) is 5.03. The Labute approximate surface area is 118 Å². The number of hydrogen-bond acceptors (Lipinski definition) is 3. The smallest absolute Gasteiger partial charge is 0.252 e. The molecule has 1 amide bonds. The van der Waals surface area contributed by atoms with Crippen molar-refractivity contribution < 1.29 is 14.6 Å². The maximum atomic E-state index is 12.0. The van der Waals surface area contributed by atoms with Gasteiger partial charge in [-0.3, -0.25) is 4.79 Å². The third-order valence-corrected chi connectivity index (χ3v) is 3.88. The lowest BCUT2D eigenvalue weighted by atomic mass is 9.87. The lowest BCUT2D eigenvalue weighted by molar-refractivity contribution is -0.133. The molecule has 0 aliphatic carbocycles. The van der Waals surface area contributed by atoms with E-state index in [4.69, 9.17) is 16.3 Å². The molecule has 0 radical (unpaired) electrons. The lowest BCUT2D eigenvalue weighted by Gasteiger charge is -2.39. The van der Waals surface area contributed by atoms with Crippen molar-refractivity contribution in [3.8, 4) is 0 Å².